The van der Waals surface area contributed by atoms with Crippen LogP contribution in [0.25, 0.3) is 4.91 Å². The minimum absolute atomic E-state index is 0.0357. The number of carbonyl (C=O) groups is 3. The standard InChI is InChI=1S/C28H38N4O4S/c1-17(2)22(37-7)20-10-8-19(9-11-20)18(3)30-24(33)21-14-36-16-32(21)25(34)23(27(4,5)6)31-26(35)28(15-29)12-13-28/h8-11,18,21,23H,12-14,16H2,1-7H3,(H,30,33)(H,31,35). The molecule has 2 aliphatic rings. The van der Waals surface area contributed by atoms with Crippen LogP contribution in [0.2, 0.25) is 0 Å². The molecule has 1 saturated carbocycles. The summed E-state index contributed by atoms with van der Waals surface area (Å²) in [7, 11) is 0. The number of nitrogens with zero attached hydrogens (tertiary/aromatic N) is 2. The van der Waals surface area contributed by atoms with E-state index in [-0.39, 0.29) is 25.3 Å². The summed E-state index contributed by atoms with van der Waals surface area (Å²) in [5.74, 6) is -1.14. The van der Waals surface area contributed by atoms with Crippen molar-refractivity contribution in [3.63, 3.8) is 0 Å². The summed E-state index contributed by atoms with van der Waals surface area (Å²) in [6, 6.07) is 8.20. The summed E-state index contributed by atoms with van der Waals surface area (Å²) in [4.78, 5) is 42.2. The fraction of sp³-hybridized carbons (Fsp3) is 0.571. The van der Waals surface area contributed by atoms with Gasteiger partial charge in [-0.3, -0.25) is 14.4 Å². The lowest BCUT2D eigenvalue weighted by atomic mass is 9.85. The van der Waals surface area contributed by atoms with Gasteiger partial charge in [0.1, 0.15) is 24.2 Å². The Kier molecular flexibility index (Phi) is 8.76. The maximum atomic E-state index is 13.6. The lowest BCUT2D eigenvalue weighted by Gasteiger charge is -2.35. The number of carbonyl (C=O) groups excluding carboxylic acids is 3. The van der Waals surface area contributed by atoms with Crippen molar-refractivity contribution in [2.45, 2.75) is 72.5 Å². The molecule has 0 radical (unpaired) electrons. The molecule has 2 fully saturated rings. The highest BCUT2D eigenvalue weighted by Gasteiger charge is 2.53. The zero-order valence-electron chi connectivity index (χ0n) is 22.8. The first-order valence-corrected chi connectivity index (χ1v) is 13.8. The van der Waals surface area contributed by atoms with Crippen molar-refractivity contribution in [1.29, 1.82) is 5.26 Å². The molecule has 1 aromatic rings. The average Bonchev–Trinajstić information content (AvgIpc) is 3.49. The molecule has 1 aliphatic heterocycles. The lowest BCUT2D eigenvalue weighted by Crippen LogP contribution is -2.59. The molecular weight excluding hydrogens is 488 g/mol. The molecule has 200 valence electrons. The second-order valence-corrected chi connectivity index (χ2v) is 12.0. The van der Waals surface area contributed by atoms with Crippen LogP contribution in [0.4, 0.5) is 0 Å². The van der Waals surface area contributed by atoms with E-state index in [4.69, 9.17) is 4.74 Å². The molecule has 3 amide bonds. The van der Waals surface area contributed by atoms with Crippen molar-refractivity contribution in [3.05, 3.63) is 41.0 Å². The van der Waals surface area contributed by atoms with Gasteiger partial charge in [-0.2, -0.15) is 5.26 Å². The van der Waals surface area contributed by atoms with Crippen LogP contribution in [0.5, 0.6) is 0 Å². The minimum Gasteiger partial charge on any atom is -0.358 e. The number of hydrogen-bond donors (Lipinski definition) is 2. The van der Waals surface area contributed by atoms with Gasteiger partial charge in [0, 0.05) is 4.91 Å². The van der Waals surface area contributed by atoms with Crippen molar-refractivity contribution < 1.29 is 19.1 Å². The fourth-order valence-electron chi connectivity index (χ4n) is 4.40. The summed E-state index contributed by atoms with van der Waals surface area (Å²) in [5, 5.41) is 15.2. The van der Waals surface area contributed by atoms with Crippen LogP contribution in [0.1, 0.15) is 71.6 Å². The molecule has 3 rings (SSSR count). The second-order valence-electron chi connectivity index (χ2n) is 11.2. The van der Waals surface area contributed by atoms with Crippen molar-refractivity contribution in [2.75, 3.05) is 19.6 Å². The third-order valence-electron chi connectivity index (χ3n) is 6.94. The number of allylic oxidation sites excluding steroid dienone is 1. The van der Waals surface area contributed by atoms with Gasteiger partial charge in [0.05, 0.1) is 18.7 Å². The molecule has 37 heavy (non-hydrogen) atoms. The molecule has 8 nitrogen and oxygen atoms in total. The maximum absolute atomic E-state index is 13.6. The number of nitrogens with one attached hydrogen (secondary N) is 2. The van der Waals surface area contributed by atoms with Gasteiger partial charge in [-0.15, -0.1) is 11.8 Å². The predicted octanol–water partition coefficient (Wildman–Crippen LogP) is 4.00. The van der Waals surface area contributed by atoms with E-state index < -0.39 is 34.7 Å². The van der Waals surface area contributed by atoms with E-state index in [1.54, 1.807) is 11.8 Å². The van der Waals surface area contributed by atoms with Gasteiger partial charge in [0.2, 0.25) is 17.7 Å². The molecule has 1 saturated heterocycles. The first kappa shape index (κ1) is 28.7. The normalized spacial score (nSPS) is 19.8. The Bertz CT molecular complexity index is 1110. The summed E-state index contributed by atoms with van der Waals surface area (Å²) in [6.07, 6.45) is 3.03. The van der Waals surface area contributed by atoms with Crippen LogP contribution >= 0.6 is 11.8 Å². The van der Waals surface area contributed by atoms with Crippen molar-refractivity contribution >= 4 is 34.4 Å². The molecule has 1 heterocycles. The Morgan fingerprint density at radius 1 is 1.16 bits per heavy atom. The Balaban J connectivity index is 1.71. The number of hydrogen-bond acceptors (Lipinski definition) is 6. The molecule has 1 aliphatic carbocycles. The van der Waals surface area contributed by atoms with Crippen LogP contribution in [-0.4, -0.2) is 54.3 Å². The van der Waals surface area contributed by atoms with Gasteiger partial charge in [-0.25, -0.2) is 0 Å². The zero-order valence-corrected chi connectivity index (χ0v) is 23.6. The van der Waals surface area contributed by atoms with E-state index in [1.807, 2.05) is 39.8 Å². The third kappa shape index (κ3) is 6.36. The Morgan fingerprint density at radius 3 is 2.27 bits per heavy atom. The van der Waals surface area contributed by atoms with Crippen molar-refractivity contribution in [1.82, 2.24) is 15.5 Å². The van der Waals surface area contributed by atoms with Gasteiger partial charge < -0.3 is 20.3 Å². The average molecular weight is 527 g/mol. The SMILES string of the molecule is CSC(=C(C)C)c1ccc(C(C)NC(=O)C2COCN2C(=O)C(NC(=O)C2(C#N)CC2)C(C)(C)C)cc1. The first-order chi connectivity index (χ1) is 17.3. The number of amides is 3. The first-order valence-electron chi connectivity index (χ1n) is 12.6. The van der Waals surface area contributed by atoms with Crippen LogP contribution in [0, 0.1) is 22.2 Å². The number of ether oxygens (including phenoxy) is 1. The minimum atomic E-state index is -1.05. The summed E-state index contributed by atoms with van der Waals surface area (Å²) >= 11 is 1.71. The van der Waals surface area contributed by atoms with Gasteiger partial charge >= 0.3 is 0 Å². The molecule has 2 N–H and O–H groups in total. The van der Waals surface area contributed by atoms with Crippen molar-refractivity contribution in [2.24, 2.45) is 10.8 Å². The van der Waals surface area contributed by atoms with E-state index in [1.165, 1.54) is 15.4 Å². The number of rotatable bonds is 8. The quantitative estimate of drug-likeness (QED) is 0.530. The van der Waals surface area contributed by atoms with Gasteiger partial charge in [0.25, 0.3) is 0 Å². The summed E-state index contributed by atoms with van der Waals surface area (Å²) < 4.78 is 5.52. The highest BCUT2D eigenvalue weighted by atomic mass is 32.2. The Morgan fingerprint density at radius 2 is 1.78 bits per heavy atom. The largest absolute Gasteiger partial charge is 0.358 e. The molecule has 0 aromatic heterocycles. The highest BCUT2D eigenvalue weighted by Crippen LogP contribution is 2.45. The molecule has 9 heteroatoms. The van der Waals surface area contributed by atoms with E-state index in [0.717, 1.165) is 11.1 Å². The fourth-order valence-corrected chi connectivity index (χ4v) is 5.18. The Labute approximate surface area is 224 Å². The van der Waals surface area contributed by atoms with Gasteiger partial charge in [0.15, 0.2) is 0 Å². The molecule has 3 atom stereocenters. The lowest BCUT2D eigenvalue weighted by molar-refractivity contribution is -0.145. The third-order valence-corrected chi connectivity index (χ3v) is 8.00. The highest BCUT2D eigenvalue weighted by molar-refractivity contribution is 8.07. The molecule has 0 spiro atoms. The summed E-state index contributed by atoms with van der Waals surface area (Å²) in [6.45, 7) is 11.6. The monoisotopic (exact) mass is 526 g/mol. The van der Waals surface area contributed by atoms with E-state index in [0.29, 0.717) is 12.8 Å². The second kappa shape index (κ2) is 11.3. The van der Waals surface area contributed by atoms with Crippen LogP contribution in [0.15, 0.2) is 29.8 Å². The van der Waals surface area contributed by atoms with Gasteiger partial charge in [-0.1, -0.05) is 50.6 Å². The molecule has 0 bridgehead atoms. The number of benzene rings is 1. The number of thioether (sulfide) groups is 1. The smallest absolute Gasteiger partial charge is 0.248 e. The Hall–Kier alpha value is -2.83. The van der Waals surface area contributed by atoms with Crippen LogP contribution in [0.3, 0.4) is 0 Å². The topological polar surface area (TPSA) is 112 Å². The molecule has 3 unspecified atom stereocenters. The van der Waals surface area contributed by atoms with Crippen LogP contribution in [-0.2, 0) is 19.1 Å². The molecule has 1 aromatic carbocycles. The summed E-state index contributed by atoms with van der Waals surface area (Å²) in [5.41, 5.74) is 1.66. The maximum Gasteiger partial charge on any atom is 0.248 e. The van der Waals surface area contributed by atoms with E-state index >= 15 is 0 Å². The van der Waals surface area contributed by atoms with Gasteiger partial charge in [-0.05, 0) is 56.4 Å². The zero-order chi connectivity index (χ0) is 27.5. The van der Waals surface area contributed by atoms with E-state index in [2.05, 4.69) is 48.9 Å². The van der Waals surface area contributed by atoms with E-state index in [9.17, 15) is 19.6 Å². The predicted molar refractivity (Wildman–Crippen MR) is 145 cm³/mol. The van der Waals surface area contributed by atoms with Crippen molar-refractivity contribution in [3.8, 4) is 6.07 Å². The molecular formula is C28H38N4O4S. The number of nitriles is 1. The van der Waals surface area contributed by atoms with Crippen LogP contribution < -0.4 is 10.6 Å².